The molecule has 0 amide bonds. The number of nitrogens with zero attached hydrogens (tertiary/aromatic N) is 2. The van der Waals surface area contributed by atoms with Crippen LogP contribution >= 0.6 is 0 Å². The molecule has 7 heteroatoms. The molecule has 0 saturated heterocycles. The number of aromatic nitrogens is 2. The van der Waals surface area contributed by atoms with E-state index in [1.54, 1.807) is 42.9 Å². The number of anilines is 1. The third-order valence-corrected chi connectivity index (χ3v) is 3.98. The van der Waals surface area contributed by atoms with Crippen molar-refractivity contribution in [3.63, 3.8) is 0 Å². The minimum absolute atomic E-state index is 0.149. The van der Waals surface area contributed by atoms with Crippen molar-refractivity contribution < 1.29 is 4.39 Å². The second-order valence-electron chi connectivity index (χ2n) is 5.75. The molecule has 24 heavy (non-hydrogen) atoms. The molecular formula is C17H19FN6. The topological polar surface area (TPSA) is 102 Å². The predicted octanol–water partition coefficient (Wildman–Crippen LogP) is 1.77. The number of hydrogen-bond donors (Lipinski definition) is 4. The monoisotopic (exact) mass is 326 g/mol. The number of halogens is 1. The van der Waals surface area contributed by atoms with Gasteiger partial charge in [-0.3, -0.25) is 4.98 Å². The second kappa shape index (κ2) is 6.29. The summed E-state index contributed by atoms with van der Waals surface area (Å²) >= 11 is 0. The largest absolute Gasteiger partial charge is 0.399 e. The summed E-state index contributed by atoms with van der Waals surface area (Å²) in [5.74, 6) is 0.757. The SMILES string of the molecule is CC(c1ccc(F)cc1)C1(N)C=C(N)C=C(Nc2cnccn2)N1. The maximum absolute atomic E-state index is 13.1. The maximum Gasteiger partial charge on any atom is 0.149 e. The molecule has 2 atom stereocenters. The highest BCUT2D eigenvalue weighted by Crippen LogP contribution is 2.29. The lowest BCUT2D eigenvalue weighted by molar-refractivity contribution is 0.383. The van der Waals surface area contributed by atoms with Crippen molar-refractivity contribution in [3.8, 4) is 0 Å². The molecule has 0 fully saturated rings. The number of dihydropyridines is 1. The van der Waals surface area contributed by atoms with Crippen LogP contribution in [0.4, 0.5) is 10.2 Å². The van der Waals surface area contributed by atoms with E-state index in [9.17, 15) is 4.39 Å². The van der Waals surface area contributed by atoms with Crippen LogP contribution < -0.4 is 22.1 Å². The van der Waals surface area contributed by atoms with Gasteiger partial charge in [0.1, 0.15) is 23.1 Å². The maximum atomic E-state index is 13.1. The van der Waals surface area contributed by atoms with E-state index in [1.807, 2.05) is 6.92 Å². The Kier molecular flexibility index (Phi) is 4.18. The lowest BCUT2D eigenvalue weighted by atomic mass is 9.86. The van der Waals surface area contributed by atoms with Crippen molar-refractivity contribution in [2.45, 2.75) is 18.5 Å². The van der Waals surface area contributed by atoms with Crippen LogP contribution in [-0.2, 0) is 0 Å². The lowest BCUT2D eigenvalue weighted by Gasteiger charge is -2.38. The minimum atomic E-state index is -0.929. The lowest BCUT2D eigenvalue weighted by Crippen LogP contribution is -2.57. The fraction of sp³-hybridized carbons (Fsp3) is 0.176. The first kappa shape index (κ1) is 15.9. The molecule has 1 aliphatic heterocycles. The molecule has 1 aromatic heterocycles. The van der Waals surface area contributed by atoms with Crippen LogP contribution in [0.25, 0.3) is 0 Å². The van der Waals surface area contributed by atoms with E-state index < -0.39 is 5.66 Å². The highest BCUT2D eigenvalue weighted by atomic mass is 19.1. The van der Waals surface area contributed by atoms with Crippen LogP contribution in [0, 0.1) is 5.82 Å². The third kappa shape index (κ3) is 3.36. The van der Waals surface area contributed by atoms with Gasteiger partial charge in [-0.15, -0.1) is 0 Å². The molecule has 0 aliphatic carbocycles. The Labute approximate surface area is 139 Å². The summed E-state index contributed by atoms with van der Waals surface area (Å²) in [7, 11) is 0. The molecule has 0 radical (unpaired) electrons. The van der Waals surface area contributed by atoms with E-state index >= 15 is 0 Å². The number of benzene rings is 1. The number of allylic oxidation sites excluding steroid dienone is 1. The Hall–Kier alpha value is -2.93. The minimum Gasteiger partial charge on any atom is -0.399 e. The zero-order valence-electron chi connectivity index (χ0n) is 13.2. The molecular weight excluding hydrogens is 307 g/mol. The third-order valence-electron chi connectivity index (χ3n) is 3.98. The Morgan fingerprint density at radius 1 is 1.25 bits per heavy atom. The first-order chi connectivity index (χ1) is 11.5. The average Bonchev–Trinajstić information content (AvgIpc) is 2.55. The van der Waals surface area contributed by atoms with Crippen molar-refractivity contribution >= 4 is 5.82 Å². The van der Waals surface area contributed by atoms with Gasteiger partial charge in [-0.25, -0.2) is 9.37 Å². The normalized spacial score (nSPS) is 21.3. The summed E-state index contributed by atoms with van der Waals surface area (Å²) in [6.45, 7) is 1.95. The quantitative estimate of drug-likeness (QED) is 0.683. The summed E-state index contributed by atoms with van der Waals surface area (Å²) in [4.78, 5) is 8.17. The van der Waals surface area contributed by atoms with Gasteiger partial charge < -0.3 is 22.1 Å². The van der Waals surface area contributed by atoms with Crippen molar-refractivity contribution in [1.29, 1.82) is 0 Å². The summed E-state index contributed by atoms with van der Waals surface area (Å²) in [6.07, 6.45) is 8.26. The van der Waals surface area contributed by atoms with Gasteiger partial charge in [0.05, 0.1) is 6.20 Å². The van der Waals surface area contributed by atoms with Crippen LogP contribution in [0.5, 0.6) is 0 Å². The molecule has 0 bridgehead atoms. The van der Waals surface area contributed by atoms with Gasteiger partial charge in [0, 0.05) is 30.1 Å². The predicted molar refractivity (Wildman–Crippen MR) is 90.9 cm³/mol. The molecule has 1 aliphatic rings. The van der Waals surface area contributed by atoms with Gasteiger partial charge >= 0.3 is 0 Å². The number of rotatable bonds is 4. The van der Waals surface area contributed by atoms with Crippen molar-refractivity contribution in [1.82, 2.24) is 15.3 Å². The van der Waals surface area contributed by atoms with E-state index in [-0.39, 0.29) is 11.7 Å². The zero-order valence-corrected chi connectivity index (χ0v) is 13.2. The van der Waals surface area contributed by atoms with Crippen LogP contribution in [0.15, 0.2) is 66.5 Å². The fourth-order valence-corrected chi connectivity index (χ4v) is 2.62. The van der Waals surface area contributed by atoms with Crippen molar-refractivity contribution in [2.24, 2.45) is 11.5 Å². The molecule has 0 spiro atoms. The highest BCUT2D eigenvalue weighted by molar-refractivity contribution is 5.44. The molecule has 2 unspecified atom stereocenters. The van der Waals surface area contributed by atoms with E-state index in [2.05, 4.69) is 20.6 Å². The fourth-order valence-electron chi connectivity index (χ4n) is 2.62. The van der Waals surface area contributed by atoms with Gasteiger partial charge in [-0.2, -0.15) is 0 Å². The first-order valence-electron chi connectivity index (χ1n) is 7.52. The summed E-state index contributed by atoms with van der Waals surface area (Å²) in [6, 6.07) is 6.27. The first-order valence-corrected chi connectivity index (χ1v) is 7.52. The molecule has 0 saturated carbocycles. The Morgan fingerprint density at radius 3 is 2.67 bits per heavy atom. The van der Waals surface area contributed by atoms with Crippen LogP contribution in [0.2, 0.25) is 0 Å². The van der Waals surface area contributed by atoms with E-state index in [4.69, 9.17) is 11.5 Å². The number of nitrogens with two attached hydrogens (primary N) is 2. The standard InChI is InChI=1S/C17H19FN6/c1-11(12-2-4-13(18)5-3-12)17(20)9-14(19)8-15(24-17)23-16-10-21-6-7-22-16/h2-11,24H,19-20H2,1H3,(H,22,23). The smallest absolute Gasteiger partial charge is 0.149 e. The summed E-state index contributed by atoms with van der Waals surface area (Å²) in [5.41, 5.74) is 13.0. The number of hydrogen-bond acceptors (Lipinski definition) is 6. The molecule has 1 aromatic carbocycles. The second-order valence-corrected chi connectivity index (χ2v) is 5.75. The van der Waals surface area contributed by atoms with Gasteiger partial charge in [0.25, 0.3) is 0 Å². The van der Waals surface area contributed by atoms with Crippen molar-refractivity contribution in [2.75, 3.05) is 5.32 Å². The molecule has 6 N–H and O–H groups in total. The van der Waals surface area contributed by atoms with Crippen LogP contribution in [0.3, 0.4) is 0 Å². The molecule has 2 heterocycles. The average molecular weight is 326 g/mol. The van der Waals surface area contributed by atoms with E-state index in [0.29, 0.717) is 17.3 Å². The van der Waals surface area contributed by atoms with Gasteiger partial charge in [0.2, 0.25) is 0 Å². The van der Waals surface area contributed by atoms with E-state index in [1.165, 1.54) is 12.1 Å². The number of nitrogens with one attached hydrogen (secondary N) is 2. The van der Waals surface area contributed by atoms with Crippen LogP contribution in [-0.4, -0.2) is 15.6 Å². The zero-order chi connectivity index (χ0) is 17.2. The molecule has 124 valence electrons. The molecule has 6 nitrogen and oxygen atoms in total. The molecule has 2 aromatic rings. The van der Waals surface area contributed by atoms with Crippen molar-refractivity contribution in [3.05, 3.63) is 77.9 Å². The van der Waals surface area contributed by atoms with E-state index in [0.717, 1.165) is 5.56 Å². The van der Waals surface area contributed by atoms with Gasteiger partial charge in [-0.1, -0.05) is 19.1 Å². The Balaban J connectivity index is 1.83. The summed E-state index contributed by atoms with van der Waals surface area (Å²) in [5, 5.41) is 6.33. The molecule has 3 rings (SSSR count). The van der Waals surface area contributed by atoms with Gasteiger partial charge in [-0.05, 0) is 23.8 Å². The van der Waals surface area contributed by atoms with Gasteiger partial charge in [0.15, 0.2) is 0 Å². The summed E-state index contributed by atoms with van der Waals surface area (Å²) < 4.78 is 13.1. The highest BCUT2D eigenvalue weighted by Gasteiger charge is 2.34. The Morgan fingerprint density at radius 2 is 2.00 bits per heavy atom. The van der Waals surface area contributed by atoms with Crippen LogP contribution in [0.1, 0.15) is 18.4 Å². The Bertz CT molecular complexity index is 771.